The maximum absolute atomic E-state index is 12.2. The number of aliphatic carboxylic acids is 1. The average molecular weight is 295 g/mol. The lowest BCUT2D eigenvalue weighted by atomic mass is 9.87. The molecular formula is C13H9ClNO5-. The fraction of sp³-hybridized carbons (Fsp3) is 0.231. The summed E-state index contributed by atoms with van der Waals surface area (Å²) in [6.07, 6.45) is 0. The lowest BCUT2D eigenvalue weighted by Gasteiger charge is -2.21. The summed E-state index contributed by atoms with van der Waals surface area (Å²) >= 11 is 5.87. The van der Waals surface area contributed by atoms with Gasteiger partial charge >= 0.3 is 0 Å². The summed E-state index contributed by atoms with van der Waals surface area (Å²) in [6.45, 7) is -0.849. The van der Waals surface area contributed by atoms with Crippen LogP contribution in [0.25, 0.3) is 0 Å². The van der Waals surface area contributed by atoms with Crippen LogP contribution in [0.5, 0.6) is 0 Å². The monoisotopic (exact) mass is 294 g/mol. The van der Waals surface area contributed by atoms with E-state index in [4.69, 9.17) is 16.7 Å². The predicted molar refractivity (Wildman–Crippen MR) is 68.1 cm³/mol. The Hall–Kier alpha value is -2.05. The van der Waals surface area contributed by atoms with E-state index in [0.717, 1.165) is 0 Å². The minimum Gasteiger partial charge on any atom is -0.548 e. The van der Waals surface area contributed by atoms with Gasteiger partial charge in [0, 0.05) is 11.1 Å². The molecule has 0 bridgehead atoms. The molecule has 1 aromatic rings. The number of Topliss-reactive ketones (excluding diaryl/α,β-unsaturated/α-hetero) is 2. The second-order valence-electron chi connectivity index (χ2n) is 4.13. The number of carbonyl (C=O) groups is 3. The van der Waals surface area contributed by atoms with Crippen LogP contribution in [0.15, 0.2) is 29.3 Å². The molecule has 1 unspecified atom stereocenters. The number of rotatable bonds is 3. The van der Waals surface area contributed by atoms with Crippen LogP contribution in [0.1, 0.15) is 20.7 Å². The molecule has 0 amide bonds. The number of aliphatic hydroxyl groups is 1. The molecule has 0 radical (unpaired) electrons. The Kier molecular flexibility index (Phi) is 3.96. The molecule has 2 rings (SSSR count). The maximum Gasteiger partial charge on any atom is 0.209 e. The highest BCUT2D eigenvalue weighted by Gasteiger charge is 2.37. The summed E-state index contributed by atoms with van der Waals surface area (Å²) in [4.78, 5) is 38.5. The summed E-state index contributed by atoms with van der Waals surface area (Å²) in [5, 5.41) is 18.3. The van der Waals surface area contributed by atoms with E-state index in [2.05, 4.69) is 4.99 Å². The Labute approximate surface area is 118 Å². The van der Waals surface area contributed by atoms with Gasteiger partial charge in [-0.2, -0.15) is 0 Å². The fourth-order valence-electron chi connectivity index (χ4n) is 1.87. The highest BCUT2D eigenvalue weighted by molar-refractivity contribution is 6.64. The van der Waals surface area contributed by atoms with Crippen molar-refractivity contribution in [3.8, 4) is 0 Å². The number of hydrogen-bond acceptors (Lipinski definition) is 6. The molecule has 1 N–H and O–H groups in total. The van der Waals surface area contributed by atoms with Crippen LogP contribution in [0, 0.1) is 0 Å². The number of nitrogens with zero attached hydrogens (tertiary/aromatic N) is 1. The van der Waals surface area contributed by atoms with Gasteiger partial charge in [0.25, 0.3) is 0 Å². The topological polar surface area (TPSA) is 107 Å². The first-order valence-corrected chi connectivity index (χ1v) is 6.12. The molecule has 1 aromatic carbocycles. The first-order valence-electron chi connectivity index (χ1n) is 5.68. The van der Waals surface area contributed by atoms with Gasteiger partial charge in [-0.25, -0.2) is 0 Å². The lowest BCUT2D eigenvalue weighted by Crippen LogP contribution is -2.42. The molecule has 0 saturated carbocycles. The molecule has 0 spiro atoms. The quantitative estimate of drug-likeness (QED) is 0.736. The van der Waals surface area contributed by atoms with Crippen LogP contribution in [-0.4, -0.2) is 46.4 Å². The highest BCUT2D eigenvalue weighted by Crippen LogP contribution is 2.23. The van der Waals surface area contributed by atoms with Crippen LogP contribution >= 0.6 is 11.6 Å². The van der Waals surface area contributed by atoms with E-state index in [1.165, 1.54) is 12.1 Å². The summed E-state index contributed by atoms with van der Waals surface area (Å²) < 4.78 is 0. The van der Waals surface area contributed by atoms with Crippen LogP contribution in [-0.2, 0) is 4.79 Å². The number of fused-ring (bicyclic) bond motifs is 1. The minimum atomic E-state index is -1.65. The zero-order valence-corrected chi connectivity index (χ0v) is 10.8. The van der Waals surface area contributed by atoms with Gasteiger partial charge in [-0.05, 0) is 0 Å². The number of carboxylic acid groups (broad SMARTS) is 1. The molecule has 0 fully saturated rings. The van der Waals surface area contributed by atoms with Gasteiger partial charge in [0.2, 0.25) is 5.78 Å². The number of benzene rings is 1. The van der Waals surface area contributed by atoms with Gasteiger partial charge in [0.1, 0.15) is 17.1 Å². The van der Waals surface area contributed by atoms with Crippen LogP contribution in [0.2, 0.25) is 0 Å². The standard InChI is InChI=1S/C13H10ClNO5/c14-9-10(15-8(5-16)13(19)20)12(18)7-4-2-1-3-6(7)11(9)17/h1-4,8-9,16H,5H2,(H,19,20)/p-1/t8-,9?/m1/s1. The SMILES string of the molecule is O=C1C(=N[C@H](CO)C(=O)[O-])C(Cl)C(=O)c2ccccc21. The van der Waals surface area contributed by atoms with Crippen molar-refractivity contribution in [2.75, 3.05) is 6.61 Å². The van der Waals surface area contributed by atoms with E-state index in [0.29, 0.717) is 0 Å². The molecular weight excluding hydrogens is 286 g/mol. The lowest BCUT2D eigenvalue weighted by molar-refractivity contribution is -0.308. The van der Waals surface area contributed by atoms with Gasteiger partial charge in [-0.15, -0.1) is 11.6 Å². The van der Waals surface area contributed by atoms with Gasteiger partial charge in [0.15, 0.2) is 5.78 Å². The van der Waals surface area contributed by atoms with Crippen molar-refractivity contribution in [1.29, 1.82) is 0 Å². The average Bonchev–Trinajstić information content (AvgIpc) is 2.45. The molecule has 6 nitrogen and oxygen atoms in total. The molecule has 1 aliphatic carbocycles. The van der Waals surface area contributed by atoms with E-state index in [9.17, 15) is 19.5 Å². The summed E-state index contributed by atoms with van der Waals surface area (Å²) in [6, 6.07) is 4.42. The normalized spacial score (nSPS) is 21.7. The number of alkyl halides is 1. The van der Waals surface area contributed by atoms with Gasteiger partial charge in [0.05, 0.1) is 12.6 Å². The molecule has 0 aliphatic heterocycles. The summed E-state index contributed by atoms with van der Waals surface area (Å²) in [7, 11) is 0. The number of halogens is 1. The Balaban J connectivity index is 2.52. The van der Waals surface area contributed by atoms with Gasteiger partial charge in [-0.1, -0.05) is 24.3 Å². The first kappa shape index (κ1) is 14.4. The van der Waals surface area contributed by atoms with Crippen molar-refractivity contribution in [2.45, 2.75) is 11.4 Å². The summed E-state index contributed by atoms with van der Waals surface area (Å²) in [5.74, 6) is -2.81. The van der Waals surface area contributed by atoms with E-state index in [1.807, 2.05) is 0 Å². The third-order valence-corrected chi connectivity index (χ3v) is 3.28. The molecule has 1 aliphatic rings. The number of carboxylic acids is 1. The van der Waals surface area contributed by atoms with E-state index in [1.54, 1.807) is 12.1 Å². The van der Waals surface area contributed by atoms with E-state index < -0.39 is 41.3 Å². The molecule has 2 atom stereocenters. The van der Waals surface area contributed by atoms with Crippen LogP contribution < -0.4 is 5.11 Å². The number of carbonyl (C=O) groups excluding carboxylic acids is 3. The van der Waals surface area contributed by atoms with Gasteiger partial charge in [-0.3, -0.25) is 14.6 Å². The molecule has 0 saturated heterocycles. The van der Waals surface area contributed by atoms with E-state index >= 15 is 0 Å². The van der Waals surface area contributed by atoms with Crippen LogP contribution in [0.4, 0.5) is 0 Å². The van der Waals surface area contributed by atoms with Crippen molar-refractivity contribution in [3.05, 3.63) is 35.4 Å². The molecule has 104 valence electrons. The minimum absolute atomic E-state index is 0.114. The summed E-state index contributed by atoms with van der Waals surface area (Å²) in [5.41, 5.74) is -0.104. The first-order chi connectivity index (χ1) is 9.47. The smallest absolute Gasteiger partial charge is 0.209 e. The van der Waals surface area contributed by atoms with Crippen molar-refractivity contribution in [2.24, 2.45) is 4.99 Å². The zero-order valence-electron chi connectivity index (χ0n) is 10.1. The van der Waals surface area contributed by atoms with Gasteiger partial charge < -0.3 is 15.0 Å². The Bertz CT molecular complexity index is 625. The van der Waals surface area contributed by atoms with Crippen molar-refractivity contribution < 1.29 is 24.6 Å². The number of ketones is 2. The second kappa shape index (κ2) is 5.52. The Morgan fingerprint density at radius 2 is 1.95 bits per heavy atom. The largest absolute Gasteiger partial charge is 0.548 e. The van der Waals surface area contributed by atoms with E-state index in [-0.39, 0.29) is 11.1 Å². The number of hydrogen-bond donors (Lipinski definition) is 1. The fourth-order valence-corrected chi connectivity index (χ4v) is 2.14. The van der Waals surface area contributed by atoms with Crippen molar-refractivity contribution in [3.63, 3.8) is 0 Å². The Morgan fingerprint density at radius 1 is 1.35 bits per heavy atom. The molecule has 7 heteroatoms. The zero-order chi connectivity index (χ0) is 14.9. The number of aliphatic imine (C=N–C) groups is 1. The molecule has 0 heterocycles. The second-order valence-corrected chi connectivity index (χ2v) is 4.57. The highest BCUT2D eigenvalue weighted by atomic mass is 35.5. The molecule has 0 aromatic heterocycles. The van der Waals surface area contributed by atoms with Crippen LogP contribution in [0.3, 0.4) is 0 Å². The third-order valence-electron chi connectivity index (χ3n) is 2.88. The third kappa shape index (κ3) is 2.35. The maximum atomic E-state index is 12.2. The van der Waals surface area contributed by atoms with Crippen molar-refractivity contribution in [1.82, 2.24) is 0 Å². The van der Waals surface area contributed by atoms with Crippen molar-refractivity contribution >= 4 is 34.8 Å². The Morgan fingerprint density at radius 3 is 2.50 bits per heavy atom. The number of aliphatic hydroxyl groups excluding tert-OH is 1. The predicted octanol–water partition coefficient (Wildman–Crippen LogP) is -0.775. The molecule has 20 heavy (non-hydrogen) atoms.